The number of fused-ring (bicyclic) bond motifs is 1. The van der Waals surface area contributed by atoms with E-state index >= 15 is 0 Å². The minimum absolute atomic E-state index is 0.361. The van der Waals surface area contributed by atoms with Gasteiger partial charge in [0, 0.05) is 19.1 Å². The summed E-state index contributed by atoms with van der Waals surface area (Å²) in [6, 6.07) is 10.4. The van der Waals surface area contributed by atoms with Gasteiger partial charge in [-0.15, -0.1) is 15.3 Å². The molecule has 0 radical (unpaired) electrons. The van der Waals surface area contributed by atoms with Gasteiger partial charge in [0.25, 0.3) is 0 Å². The van der Waals surface area contributed by atoms with Crippen LogP contribution in [0.3, 0.4) is 0 Å². The average molecular weight is 309 g/mol. The lowest BCUT2D eigenvalue weighted by Gasteiger charge is -2.34. The standard InChI is InChI=1S/C16H19N7/c1-12-7-8-15(21-19-12)22-9-3-4-13(10-22)18-14-5-2-6-16-20-17-11-23(14)16/h2,5-8,11,13,18H,3-4,9-10H2,1H3. The van der Waals surface area contributed by atoms with E-state index in [1.54, 1.807) is 6.33 Å². The van der Waals surface area contributed by atoms with Crippen LogP contribution in [0.25, 0.3) is 5.65 Å². The van der Waals surface area contributed by atoms with Gasteiger partial charge in [-0.3, -0.25) is 4.40 Å². The van der Waals surface area contributed by atoms with E-state index in [-0.39, 0.29) is 0 Å². The SMILES string of the molecule is Cc1ccc(N2CCCC(Nc3cccc4nncn34)C2)nn1. The van der Waals surface area contributed by atoms with Crippen molar-refractivity contribution in [3.05, 3.63) is 42.4 Å². The molecule has 1 fully saturated rings. The summed E-state index contributed by atoms with van der Waals surface area (Å²) in [5.74, 6) is 1.97. The summed E-state index contributed by atoms with van der Waals surface area (Å²) in [4.78, 5) is 2.29. The second-order valence-electron chi connectivity index (χ2n) is 5.93. The molecular formula is C16H19N7. The van der Waals surface area contributed by atoms with Gasteiger partial charge in [0.1, 0.15) is 12.1 Å². The number of aryl methyl sites for hydroxylation is 1. The highest BCUT2D eigenvalue weighted by atomic mass is 15.3. The van der Waals surface area contributed by atoms with E-state index < -0.39 is 0 Å². The molecule has 1 N–H and O–H groups in total. The topological polar surface area (TPSA) is 71.2 Å². The van der Waals surface area contributed by atoms with E-state index in [1.165, 1.54) is 0 Å². The number of anilines is 2. The van der Waals surface area contributed by atoms with Crippen molar-refractivity contribution in [1.29, 1.82) is 0 Å². The minimum Gasteiger partial charge on any atom is -0.367 e. The molecule has 4 heterocycles. The van der Waals surface area contributed by atoms with E-state index in [9.17, 15) is 0 Å². The van der Waals surface area contributed by atoms with Gasteiger partial charge in [-0.05, 0) is 44.0 Å². The number of hydrogen-bond acceptors (Lipinski definition) is 6. The lowest BCUT2D eigenvalue weighted by Crippen LogP contribution is -2.42. The van der Waals surface area contributed by atoms with Crippen molar-refractivity contribution in [2.24, 2.45) is 0 Å². The molecule has 118 valence electrons. The Morgan fingerprint density at radius 1 is 1.13 bits per heavy atom. The van der Waals surface area contributed by atoms with E-state index in [1.807, 2.05) is 35.6 Å². The van der Waals surface area contributed by atoms with Gasteiger partial charge >= 0.3 is 0 Å². The van der Waals surface area contributed by atoms with E-state index in [0.717, 1.165) is 48.9 Å². The largest absolute Gasteiger partial charge is 0.367 e. The molecule has 1 unspecified atom stereocenters. The number of nitrogens with zero attached hydrogens (tertiary/aromatic N) is 6. The Labute approximate surface area is 134 Å². The lowest BCUT2D eigenvalue weighted by atomic mass is 10.1. The second kappa shape index (κ2) is 5.83. The minimum atomic E-state index is 0.361. The Kier molecular flexibility index (Phi) is 3.53. The molecule has 1 atom stereocenters. The summed E-state index contributed by atoms with van der Waals surface area (Å²) in [5.41, 5.74) is 1.80. The number of rotatable bonds is 3. The van der Waals surface area contributed by atoms with Crippen LogP contribution < -0.4 is 10.2 Å². The van der Waals surface area contributed by atoms with Gasteiger partial charge in [0.15, 0.2) is 11.5 Å². The molecule has 1 aliphatic rings. The normalized spacial score (nSPS) is 18.3. The van der Waals surface area contributed by atoms with Crippen molar-refractivity contribution >= 4 is 17.3 Å². The number of aromatic nitrogens is 5. The fraction of sp³-hybridized carbons (Fsp3) is 0.375. The van der Waals surface area contributed by atoms with E-state index in [4.69, 9.17) is 0 Å². The maximum absolute atomic E-state index is 4.31. The lowest BCUT2D eigenvalue weighted by molar-refractivity contribution is 0.523. The zero-order valence-electron chi connectivity index (χ0n) is 13.1. The average Bonchev–Trinajstić information content (AvgIpc) is 3.06. The molecule has 1 saturated heterocycles. The van der Waals surface area contributed by atoms with Crippen LogP contribution in [0.4, 0.5) is 11.6 Å². The molecule has 1 aliphatic heterocycles. The van der Waals surface area contributed by atoms with Crippen LogP contribution in [0.15, 0.2) is 36.7 Å². The van der Waals surface area contributed by atoms with Gasteiger partial charge in [0.2, 0.25) is 0 Å². The first-order valence-corrected chi connectivity index (χ1v) is 7.90. The molecule has 7 nitrogen and oxygen atoms in total. The van der Waals surface area contributed by atoms with Crippen LogP contribution in [0, 0.1) is 6.92 Å². The fourth-order valence-corrected chi connectivity index (χ4v) is 3.04. The van der Waals surface area contributed by atoms with Crippen LogP contribution in [-0.4, -0.2) is 43.9 Å². The quantitative estimate of drug-likeness (QED) is 0.797. The van der Waals surface area contributed by atoms with Crippen LogP contribution in [-0.2, 0) is 0 Å². The molecule has 0 spiro atoms. The molecule has 3 aromatic rings. The van der Waals surface area contributed by atoms with Crippen LogP contribution >= 0.6 is 0 Å². The Morgan fingerprint density at radius 2 is 2.09 bits per heavy atom. The third-order valence-electron chi connectivity index (χ3n) is 4.21. The van der Waals surface area contributed by atoms with Crippen LogP contribution in [0.2, 0.25) is 0 Å². The molecule has 0 amide bonds. The monoisotopic (exact) mass is 309 g/mol. The maximum atomic E-state index is 4.31. The molecule has 0 bridgehead atoms. The molecule has 0 aromatic carbocycles. The van der Waals surface area contributed by atoms with Gasteiger partial charge < -0.3 is 10.2 Å². The first-order chi connectivity index (χ1) is 11.3. The Bertz CT molecular complexity index is 796. The molecule has 7 heteroatoms. The third kappa shape index (κ3) is 2.81. The van der Waals surface area contributed by atoms with E-state index in [0.29, 0.717) is 6.04 Å². The zero-order valence-corrected chi connectivity index (χ0v) is 13.1. The Morgan fingerprint density at radius 3 is 2.96 bits per heavy atom. The van der Waals surface area contributed by atoms with Gasteiger partial charge in [-0.1, -0.05) is 6.07 Å². The summed E-state index contributed by atoms with van der Waals surface area (Å²) < 4.78 is 1.98. The van der Waals surface area contributed by atoms with Gasteiger partial charge in [0.05, 0.1) is 5.69 Å². The predicted octanol–water partition coefficient (Wildman–Crippen LogP) is 1.91. The highest BCUT2D eigenvalue weighted by molar-refractivity contribution is 5.50. The predicted molar refractivity (Wildman–Crippen MR) is 88.6 cm³/mol. The maximum Gasteiger partial charge on any atom is 0.162 e. The number of pyridine rings is 1. The molecule has 3 aromatic heterocycles. The Balaban J connectivity index is 1.51. The highest BCUT2D eigenvalue weighted by Gasteiger charge is 2.21. The first-order valence-electron chi connectivity index (χ1n) is 7.90. The summed E-state index contributed by atoms with van der Waals surface area (Å²) >= 11 is 0. The Hall–Kier alpha value is -2.70. The molecular weight excluding hydrogens is 290 g/mol. The fourth-order valence-electron chi connectivity index (χ4n) is 3.04. The molecule has 0 aliphatic carbocycles. The van der Waals surface area contributed by atoms with Crippen molar-refractivity contribution < 1.29 is 0 Å². The van der Waals surface area contributed by atoms with Gasteiger partial charge in [-0.2, -0.15) is 5.10 Å². The smallest absolute Gasteiger partial charge is 0.162 e. The van der Waals surface area contributed by atoms with Crippen molar-refractivity contribution in [3.8, 4) is 0 Å². The summed E-state index contributed by atoms with van der Waals surface area (Å²) in [6.07, 6.45) is 4.00. The molecule has 23 heavy (non-hydrogen) atoms. The number of nitrogens with one attached hydrogen (secondary N) is 1. The van der Waals surface area contributed by atoms with E-state index in [2.05, 4.69) is 36.7 Å². The van der Waals surface area contributed by atoms with Gasteiger partial charge in [-0.25, -0.2) is 0 Å². The van der Waals surface area contributed by atoms with Crippen molar-refractivity contribution in [2.75, 3.05) is 23.3 Å². The summed E-state index contributed by atoms with van der Waals surface area (Å²) in [7, 11) is 0. The van der Waals surface area contributed by atoms with Crippen LogP contribution in [0.5, 0.6) is 0 Å². The summed E-state index contributed by atoms with van der Waals surface area (Å²) in [5, 5.41) is 20.1. The number of hydrogen-bond donors (Lipinski definition) is 1. The molecule has 4 rings (SSSR count). The first kappa shape index (κ1) is 13.9. The van der Waals surface area contributed by atoms with Crippen molar-refractivity contribution in [3.63, 3.8) is 0 Å². The summed E-state index contributed by atoms with van der Waals surface area (Å²) in [6.45, 7) is 3.89. The number of piperidine rings is 1. The van der Waals surface area contributed by atoms with Crippen LogP contribution in [0.1, 0.15) is 18.5 Å². The molecule has 0 saturated carbocycles. The highest BCUT2D eigenvalue weighted by Crippen LogP contribution is 2.20. The zero-order chi connectivity index (χ0) is 15.6. The second-order valence-corrected chi connectivity index (χ2v) is 5.93. The van der Waals surface area contributed by atoms with Crippen molar-refractivity contribution in [2.45, 2.75) is 25.8 Å². The third-order valence-corrected chi connectivity index (χ3v) is 4.21. The van der Waals surface area contributed by atoms with Crippen molar-refractivity contribution in [1.82, 2.24) is 24.8 Å².